The molecule has 0 aliphatic heterocycles. The molecule has 0 radical (unpaired) electrons. The molecule has 1 aromatic carbocycles. The molecule has 0 unspecified atom stereocenters. The van der Waals surface area contributed by atoms with Crippen molar-refractivity contribution in [2.45, 2.75) is 12.2 Å². The predicted molar refractivity (Wildman–Crippen MR) is 90.8 cm³/mol. The van der Waals surface area contributed by atoms with Gasteiger partial charge < -0.3 is 10.6 Å². The van der Waals surface area contributed by atoms with Crippen molar-refractivity contribution in [3.05, 3.63) is 35.4 Å². The molecule has 0 aliphatic carbocycles. The van der Waals surface area contributed by atoms with Crippen molar-refractivity contribution in [1.29, 1.82) is 0 Å². The predicted octanol–water partition coefficient (Wildman–Crippen LogP) is 1.03. The number of rotatable bonds is 8. The molecule has 0 amide bonds. The maximum atomic E-state index is 12.4. The standard InChI is InChI=1S/C14H23N3O2S2/c1-16(2)9-6-10-17(3)21(18,19)11-12-7-4-5-8-13(12)14(15)20/h4-5,7-8H,6,9-11H2,1-3H3,(H2,15,20). The molecule has 0 saturated carbocycles. The summed E-state index contributed by atoms with van der Waals surface area (Å²) in [6, 6.07) is 7.09. The van der Waals surface area contributed by atoms with Crippen LogP contribution in [0, 0.1) is 0 Å². The van der Waals surface area contributed by atoms with Gasteiger partial charge in [-0.05, 0) is 32.6 Å². The lowest BCUT2D eigenvalue weighted by Crippen LogP contribution is -2.31. The second-order valence-corrected chi connectivity index (χ2v) is 7.77. The molecular weight excluding hydrogens is 306 g/mol. The highest BCUT2D eigenvalue weighted by Crippen LogP contribution is 2.15. The summed E-state index contributed by atoms with van der Waals surface area (Å²) in [7, 11) is 2.17. The Bertz CT molecular complexity index is 586. The maximum Gasteiger partial charge on any atom is 0.218 e. The molecule has 0 saturated heterocycles. The molecule has 21 heavy (non-hydrogen) atoms. The molecule has 5 nitrogen and oxygen atoms in total. The molecule has 0 fully saturated rings. The highest BCUT2D eigenvalue weighted by Gasteiger charge is 2.20. The number of hydrogen-bond donors (Lipinski definition) is 1. The lowest BCUT2D eigenvalue weighted by atomic mass is 10.1. The first kappa shape index (κ1) is 18.0. The Morgan fingerprint density at radius 1 is 1.19 bits per heavy atom. The molecule has 1 aromatic rings. The van der Waals surface area contributed by atoms with Crippen LogP contribution in [0.15, 0.2) is 24.3 Å². The van der Waals surface area contributed by atoms with Gasteiger partial charge in [0.1, 0.15) is 4.99 Å². The number of nitrogens with zero attached hydrogens (tertiary/aromatic N) is 2. The molecule has 1 rings (SSSR count). The van der Waals surface area contributed by atoms with Crippen LogP contribution in [0.3, 0.4) is 0 Å². The minimum atomic E-state index is -3.37. The molecule has 0 spiro atoms. The number of benzene rings is 1. The number of nitrogens with two attached hydrogens (primary N) is 1. The van der Waals surface area contributed by atoms with Gasteiger partial charge in [-0.1, -0.05) is 36.5 Å². The number of hydrogen-bond acceptors (Lipinski definition) is 4. The fourth-order valence-corrected chi connectivity index (χ4v) is 3.41. The highest BCUT2D eigenvalue weighted by molar-refractivity contribution is 7.88. The smallest absolute Gasteiger partial charge is 0.218 e. The van der Waals surface area contributed by atoms with E-state index in [1.807, 2.05) is 19.0 Å². The van der Waals surface area contributed by atoms with E-state index in [0.29, 0.717) is 17.7 Å². The zero-order chi connectivity index (χ0) is 16.0. The third-order valence-electron chi connectivity index (χ3n) is 3.17. The van der Waals surface area contributed by atoms with Crippen LogP contribution < -0.4 is 5.73 Å². The van der Waals surface area contributed by atoms with Crippen LogP contribution in [-0.2, 0) is 15.8 Å². The van der Waals surface area contributed by atoms with Gasteiger partial charge in [0, 0.05) is 19.2 Å². The van der Waals surface area contributed by atoms with Gasteiger partial charge in [-0.15, -0.1) is 0 Å². The van der Waals surface area contributed by atoms with E-state index in [1.54, 1.807) is 31.3 Å². The Balaban J connectivity index is 2.78. The highest BCUT2D eigenvalue weighted by atomic mass is 32.2. The largest absolute Gasteiger partial charge is 0.389 e. The summed E-state index contributed by atoms with van der Waals surface area (Å²) in [4.78, 5) is 2.25. The first-order valence-corrected chi connectivity index (χ1v) is 8.72. The average Bonchev–Trinajstić information content (AvgIpc) is 2.38. The van der Waals surface area contributed by atoms with Gasteiger partial charge in [0.2, 0.25) is 10.0 Å². The number of sulfonamides is 1. The van der Waals surface area contributed by atoms with Gasteiger partial charge >= 0.3 is 0 Å². The SMILES string of the molecule is CN(C)CCCN(C)S(=O)(=O)Cc1ccccc1C(N)=S. The average molecular weight is 329 g/mol. The van der Waals surface area contributed by atoms with Crippen molar-refractivity contribution in [2.75, 3.05) is 34.2 Å². The van der Waals surface area contributed by atoms with Gasteiger partial charge in [-0.25, -0.2) is 12.7 Å². The van der Waals surface area contributed by atoms with Gasteiger partial charge in [0.15, 0.2) is 0 Å². The third-order valence-corrected chi connectivity index (χ3v) is 5.20. The van der Waals surface area contributed by atoms with E-state index in [0.717, 1.165) is 13.0 Å². The van der Waals surface area contributed by atoms with Crippen molar-refractivity contribution in [2.24, 2.45) is 5.73 Å². The van der Waals surface area contributed by atoms with Crippen LogP contribution in [0.25, 0.3) is 0 Å². The molecule has 118 valence electrons. The topological polar surface area (TPSA) is 66.6 Å². The van der Waals surface area contributed by atoms with Crippen molar-refractivity contribution < 1.29 is 8.42 Å². The lowest BCUT2D eigenvalue weighted by molar-refractivity contribution is 0.370. The molecule has 2 N–H and O–H groups in total. The van der Waals surface area contributed by atoms with E-state index >= 15 is 0 Å². The molecule has 0 heterocycles. The van der Waals surface area contributed by atoms with Crippen molar-refractivity contribution in [3.63, 3.8) is 0 Å². The Morgan fingerprint density at radius 3 is 2.38 bits per heavy atom. The fourth-order valence-electron chi connectivity index (χ4n) is 1.94. The summed E-state index contributed by atoms with van der Waals surface area (Å²) in [6.45, 7) is 1.35. The quantitative estimate of drug-likeness (QED) is 0.722. The van der Waals surface area contributed by atoms with Crippen molar-refractivity contribution >= 4 is 27.2 Å². The van der Waals surface area contributed by atoms with Crippen LogP contribution in [0.1, 0.15) is 17.5 Å². The molecule has 0 aromatic heterocycles. The summed E-state index contributed by atoms with van der Waals surface area (Å²) in [5.41, 5.74) is 6.91. The first-order valence-electron chi connectivity index (χ1n) is 6.70. The van der Waals surface area contributed by atoms with Crippen LogP contribution in [0.2, 0.25) is 0 Å². The Labute approximate surface area is 132 Å². The monoisotopic (exact) mass is 329 g/mol. The minimum Gasteiger partial charge on any atom is -0.389 e. The maximum absolute atomic E-state index is 12.4. The molecule has 0 atom stereocenters. The van der Waals surface area contributed by atoms with Crippen LogP contribution >= 0.6 is 12.2 Å². The molecule has 0 aliphatic rings. The van der Waals surface area contributed by atoms with Gasteiger partial charge in [0.25, 0.3) is 0 Å². The van der Waals surface area contributed by atoms with Crippen LogP contribution in [0.5, 0.6) is 0 Å². The Kier molecular flexibility index (Phi) is 6.73. The summed E-state index contributed by atoms with van der Waals surface area (Å²) >= 11 is 4.97. The third kappa shape index (κ3) is 5.70. The van der Waals surface area contributed by atoms with Crippen molar-refractivity contribution in [3.8, 4) is 0 Å². The fraction of sp³-hybridized carbons (Fsp3) is 0.500. The second kappa shape index (κ2) is 7.84. The zero-order valence-electron chi connectivity index (χ0n) is 12.7. The molecule has 7 heteroatoms. The van der Waals surface area contributed by atoms with Crippen molar-refractivity contribution in [1.82, 2.24) is 9.21 Å². The summed E-state index contributed by atoms with van der Waals surface area (Å²) in [5, 5.41) is 0. The van der Waals surface area contributed by atoms with Crippen LogP contribution in [-0.4, -0.2) is 56.8 Å². The van der Waals surface area contributed by atoms with E-state index in [4.69, 9.17) is 18.0 Å². The van der Waals surface area contributed by atoms with Gasteiger partial charge in [0.05, 0.1) is 5.75 Å². The summed E-state index contributed by atoms with van der Waals surface area (Å²) < 4.78 is 26.2. The van der Waals surface area contributed by atoms with E-state index < -0.39 is 10.0 Å². The second-order valence-electron chi connectivity index (χ2n) is 5.26. The normalized spacial score (nSPS) is 12.0. The van der Waals surface area contributed by atoms with Gasteiger partial charge in [-0.3, -0.25) is 0 Å². The van der Waals surface area contributed by atoms with E-state index in [-0.39, 0.29) is 10.7 Å². The Hall–Kier alpha value is -1.02. The summed E-state index contributed by atoms with van der Waals surface area (Å²) in [6.07, 6.45) is 0.791. The summed E-state index contributed by atoms with van der Waals surface area (Å²) in [5.74, 6) is -0.0843. The van der Waals surface area contributed by atoms with E-state index in [2.05, 4.69) is 0 Å². The van der Waals surface area contributed by atoms with E-state index in [1.165, 1.54) is 4.31 Å². The first-order chi connectivity index (χ1) is 9.74. The zero-order valence-corrected chi connectivity index (χ0v) is 14.4. The molecular formula is C14H23N3O2S2. The van der Waals surface area contributed by atoms with Crippen LogP contribution in [0.4, 0.5) is 0 Å². The van der Waals surface area contributed by atoms with Gasteiger partial charge in [-0.2, -0.15) is 0 Å². The minimum absolute atomic E-state index is 0.0843. The van der Waals surface area contributed by atoms with E-state index in [9.17, 15) is 8.42 Å². The lowest BCUT2D eigenvalue weighted by Gasteiger charge is -2.19. The Morgan fingerprint density at radius 2 is 1.81 bits per heavy atom. The number of thiocarbonyl (C=S) groups is 1. The molecule has 0 bridgehead atoms.